The molecule has 0 saturated heterocycles. The van der Waals surface area contributed by atoms with Gasteiger partial charge in [0.1, 0.15) is 0 Å². The minimum atomic E-state index is -0.0300. The van der Waals surface area contributed by atoms with E-state index in [1.54, 1.807) is 18.2 Å². The molecule has 0 radical (unpaired) electrons. The lowest BCUT2D eigenvalue weighted by Crippen LogP contribution is -2.25. The molecule has 0 atom stereocenters. The van der Waals surface area contributed by atoms with E-state index in [4.69, 9.17) is 23.2 Å². The maximum absolute atomic E-state index is 12.3. The number of likely N-dealkylation sites (N-methyl/N-ethyl adjacent to an activating group) is 1. The van der Waals surface area contributed by atoms with Crippen LogP contribution in [0.3, 0.4) is 0 Å². The van der Waals surface area contributed by atoms with Crippen molar-refractivity contribution in [3.8, 4) is 0 Å². The molecule has 2 aromatic rings. The molecule has 0 aliphatic heterocycles. The second kappa shape index (κ2) is 7.08. The van der Waals surface area contributed by atoms with Crippen molar-refractivity contribution in [2.45, 2.75) is 13.5 Å². The van der Waals surface area contributed by atoms with Crippen molar-refractivity contribution in [3.63, 3.8) is 0 Å². The highest BCUT2D eigenvalue weighted by molar-refractivity contribution is 6.36. The van der Waals surface area contributed by atoms with Gasteiger partial charge in [-0.25, -0.2) is 0 Å². The van der Waals surface area contributed by atoms with Gasteiger partial charge in [0, 0.05) is 17.1 Å². The molecular formula is C17H17Cl2NO. The molecule has 0 unspecified atom stereocenters. The fourth-order valence-electron chi connectivity index (χ4n) is 2.22. The van der Waals surface area contributed by atoms with Gasteiger partial charge in [-0.1, -0.05) is 53.0 Å². The Balaban J connectivity index is 2.03. The monoisotopic (exact) mass is 321 g/mol. The molecule has 4 heteroatoms. The van der Waals surface area contributed by atoms with Gasteiger partial charge in [-0.2, -0.15) is 0 Å². The predicted molar refractivity (Wildman–Crippen MR) is 88.3 cm³/mol. The summed E-state index contributed by atoms with van der Waals surface area (Å²) in [5.41, 5.74) is 2.87. The largest absolute Gasteiger partial charge is 0.295 e. The first-order valence-corrected chi connectivity index (χ1v) is 7.43. The van der Waals surface area contributed by atoms with Crippen molar-refractivity contribution < 1.29 is 4.79 Å². The van der Waals surface area contributed by atoms with E-state index in [1.807, 2.05) is 18.0 Å². The van der Waals surface area contributed by atoms with Crippen LogP contribution in [0.5, 0.6) is 0 Å². The molecule has 2 rings (SSSR count). The lowest BCUT2D eigenvalue weighted by atomic mass is 10.1. The average Bonchev–Trinajstić information content (AvgIpc) is 2.41. The molecule has 2 nitrogen and oxygen atoms in total. The Kier molecular flexibility index (Phi) is 5.40. The Morgan fingerprint density at radius 2 is 1.90 bits per heavy atom. The zero-order valence-corrected chi connectivity index (χ0v) is 13.6. The minimum Gasteiger partial charge on any atom is -0.295 e. The summed E-state index contributed by atoms with van der Waals surface area (Å²) in [6.07, 6.45) is 0. The number of carbonyl (C=O) groups excluding carboxylic acids is 1. The zero-order chi connectivity index (χ0) is 15.4. The van der Waals surface area contributed by atoms with Crippen molar-refractivity contribution in [1.82, 2.24) is 4.90 Å². The van der Waals surface area contributed by atoms with Gasteiger partial charge >= 0.3 is 0 Å². The molecule has 0 spiro atoms. The van der Waals surface area contributed by atoms with Crippen LogP contribution in [0, 0.1) is 6.92 Å². The molecular weight excluding hydrogens is 305 g/mol. The Hall–Kier alpha value is -1.35. The van der Waals surface area contributed by atoms with Crippen LogP contribution in [-0.4, -0.2) is 24.3 Å². The molecule has 0 N–H and O–H groups in total. The summed E-state index contributed by atoms with van der Waals surface area (Å²) in [6, 6.07) is 13.2. The number of hydrogen-bond acceptors (Lipinski definition) is 2. The normalized spacial score (nSPS) is 10.9. The van der Waals surface area contributed by atoms with Crippen LogP contribution in [-0.2, 0) is 6.54 Å². The number of carbonyl (C=O) groups is 1. The summed E-state index contributed by atoms with van der Waals surface area (Å²) in [4.78, 5) is 14.3. The Morgan fingerprint density at radius 3 is 2.62 bits per heavy atom. The van der Waals surface area contributed by atoms with E-state index in [0.717, 1.165) is 0 Å². The van der Waals surface area contributed by atoms with Crippen molar-refractivity contribution in [2.75, 3.05) is 13.6 Å². The molecule has 0 aliphatic carbocycles. The van der Waals surface area contributed by atoms with E-state index in [0.29, 0.717) is 28.7 Å². The Morgan fingerprint density at radius 1 is 1.14 bits per heavy atom. The first-order chi connectivity index (χ1) is 9.95. The smallest absolute Gasteiger partial charge is 0.178 e. The van der Waals surface area contributed by atoms with E-state index in [2.05, 4.69) is 25.1 Å². The van der Waals surface area contributed by atoms with Crippen LogP contribution in [0.25, 0.3) is 0 Å². The van der Waals surface area contributed by atoms with Gasteiger partial charge in [0.25, 0.3) is 0 Å². The number of nitrogens with zero attached hydrogens (tertiary/aromatic N) is 1. The number of hydrogen-bond donors (Lipinski definition) is 0. The Labute approximate surface area is 135 Å². The number of rotatable bonds is 5. The van der Waals surface area contributed by atoms with E-state index in [-0.39, 0.29) is 5.78 Å². The minimum absolute atomic E-state index is 0.0300. The van der Waals surface area contributed by atoms with Crippen LogP contribution in [0.1, 0.15) is 21.5 Å². The quantitative estimate of drug-likeness (QED) is 0.749. The van der Waals surface area contributed by atoms with Crippen LogP contribution in [0.4, 0.5) is 0 Å². The fourth-order valence-corrected chi connectivity index (χ4v) is 2.61. The number of halogens is 2. The summed E-state index contributed by atoms with van der Waals surface area (Å²) >= 11 is 12.0. The van der Waals surface area contributed by atoms with E-state index in [1.165, 1.54) is 11.1 Å². The van der Waals surface area contributed by atoms with Crippen LogP contribution >= 0.6 is 23.2 Å². The molecule has 0 aliphatic rings. The summed E-state index contributed by atoms with van der Waals surface area (Å²) in [6.45, 7) is 3.07. The molecule has 0 aromatic heterocycles. The number of ketones is 1. The topological polar surface area (TPSA) is 20.3 Å². The van der Waals surface area contributed by atoms with E-state index >= 15 is 0 Å². The highest BCUT2D eigenvalue weighted by Gasteiger charge is 2.13. The van der Waals surface area contributed by atoms with Gasteiger partial charge in [-0.05, 0) is 37.7 Å². The summed E-state index contributed by atoms with van der Waals surface area (Å²) in [7, 11) is 1.92. The number of aryl methyl sites for hydroxylation is 1. The van der Waals surface area contributed by atoms with E-state index in [9.17, 15) is 4.79 Å². The third-order valence-corrected chi connectivity index (χ3v) is 3.74. The first-order valence-electron chi connectivity index (χ1n) is 6.68. The van der Waals surface area contributed by atoms with Crippen molar-refractivity contribution in [1.29, 1.82) is 0 Å². The fraction of sp³-hybridized carbons (Fsp3) is 0.235. The summed E-state index contributed by atoms with van der Waals surface area (Å²) in [5.74, 6) is -0.0300. The first kappa shape index (κ1) is 16.0. The predicted octanol–water partition coefficient (Wildman–Crippen LogP) is 4.62. The Bertz CT molecular complexity index is 655. The average molecular weight is 322 g/mol. The second-order valence-corrected chi connectivity index (χ2v) is 6.05. The summed E-state index contributed by atoms with van der Waals surface area (Å²) in [5, 5.41) is 0.956. The van der Waals surface area contributed by atoms with Gasteiger partial charge in [-0.15, -0.1) is 0 Å². The standard InChI is InChI=1S/C17H17Cl2NO/c1-12-4-3-5-13(8-12)10-20(2)11-17(21)15-9-14(18)6-7-16(15)19/h3-9H,10-11H2,1-2H3. The summed E-state index contributed by atoms with van der Waals surface area (Å²) < 4.78 is 0. The highest BCUT2D eigenvalue weighted by Crippen LogP contribution is 2.21. The third kappa shape index (κ3) is 4.57. The molecule has 0 amide bonds. The molecule has 0 heterocycles. The molecule has 2 aromatic carbocycles. The molecule has 0 fully saturated rings. The van der Waals surface area contributed by atoms with Crippen molar-refractivity contribution >= 4 is 29.0 Å². The lowest BCUT2D eigenvalue weighted by Gasteiger charge is -2.16. The molecule has 21 heavy (non-hydrogen) atoms. The van der Waals surface area contributed by atoms with Crippen LogP contribution < -0.4 is 0 Å². The third-order valence-electron chi connectivity index (χ3n) is 3.18. The highest BCUT2D eigenvalue weighted by atomic mass is 35.5. The van der Waals surface area contributed by atoms with Crippen molar-refractivity contribution in [3.05, 3.63) is 69.2 Å². The number of Topliss-reactive ketones (excluding diaryl/α,β-unsaturated/α-hetero) is 1. The molecule has 110 valence electrons. The SMILES string of the molecule is Cc1cccc(CN(C)CC(=O)c2cc(Cl)ccc2Cl)c1. The van der Waals surface area contributed by atoms with Gasteiger partial charge in [0.15, 0.2) is 5.78 Å². The van der Waals surface area contributed by atoms with Crippen LogP contribution in [0.15, 0.2) is 42.5 Å². The second-order valence-electron chi connectivity index (χ2n) is 5.21. The lowest BCUT2D eigenvalue weighted by molar-refractivity contribution is 0.0943. The zero-order valence-electron chi connectivity index (χ0n) is 12.1. The van der Waals surface area contributed by atoms with Gasteiger partial charge in [0.05, 0.1) is 11.6 Å². The van der Waals surface area contributed by atoms with E-state index < -0.39 is 0 Å². The maximum atomic E-state index is 12.3. The van der Waals surface area contributed by atoms with Crippen molar-refractivity contribution in [2.24, 2.45) is 0 Å². The van der Waals surface area contributed by atoms with Gasteiger partial charge in [-0.3, -0.25) is 9.69 Å². The van der Waals surface area contributed by atoms with Gasteiger partial charge in [0.2, 0.25) is 0 Å². The van der Waals surface area contributed by atoms with Crippen LogP contribution in [0.2, 0.25) is 10.0 Å². The van der Waals surface area contributed by atoms with Gasteiger partial charge < -0.3 is 0 Å². The number of benzene rings is 2. The maximum Gasteiger partial charge on any atom is 0.178 e. The molecule has 0 saturated carbocycles. The molecule has 0 bridgehead atoms.